The third-order valence-electron chi connectivity index (χ3n) is 2.58. The molecular weight excluding hydrogens is 262 g/mol. The Bertz CT molecular complexity index is 499. The number of hydrogen-bond donors (Lipinski definition) is 4. The average molecular weight is 279 g/mol. The topological polar surface area (TPSA) is 122 Å². The molecule has 0 aliphatic carbocycles. The summed E-state index contributed by atoms with van der Waals surface area (Å²) in [5.74, 6) is -2.11. The summed E-state index contributed by atoms with van der Waals surface area (Å²) in [6.45, 7) is 2.21. The van der Waals surface area contributed by atoms with E-state index in [-0.39, 0.29) is 6.54 Å². The smallest absolute Gasteiger partial charge is 0.326 e. The highest BCUT2D eigenvalue weighted by molar-refractivity contribution is 5.87. The zero-order valence-electron chi connectivity index (χ0n) is 11.1. The number of amides is 3. The van der Waals surface area contributed by atoms with E-state index in [0.717, 1.165) is 11.1 Å². The van der Waals surface area contributed by atoms with Crippen molar-refractivity contribution in [2.45, 2.75) is 25.9 Å². The summed E-state index contributed by atoms with van der Waals surface area (Å²) < 4.78 is 0. The molecule has 0 bridgehead atoms. The molecule has 1 unspecified atom stereocenters. The molecule has 0 spiro atoms. The minimum atomic E-state index is -1.33. The molecule has 0 saturated heterocycles. The van der Waals surface area contributed by atoms with E-state index in [4.69, 9.17) is 10.8 Å². The molecule has 1 aromatic carbocycles. The monoisotopic (exact) mass is 279 g/mol. The fraction of sp³-hybridized carbons (Fsp3) is 0.308. The molecule has 0 saturated carbocycles. The fourth-order valence-electron chi connectivity index (χ4n) is 1.50. The molecule has 0 aliphatic rings. The Morgan fingerprint density at radius 1 is 1.25 bits per heavy atom. The minimum Gasteiger partial charge on any atom is -0.480 e. The first-order chi connectivity index (χ1) is 9.38. The van der Waals surface area contributed by atoms with Gasteiger partial charge >= 0.3 is 12.0 Å². The van der Waals surface area contributed by atoms with Crippen LogP contribution in [0.2, 0.25) is 0 Å². The number of nitrogens with one attached hydrogen (secondary N) is 2. The van der Waals surface area contributed by atoms with Crippen LogP contribution in [0.15, 0.2) is 24.3 Å². The molecule has 3 amide bonds. The summed E-state index contributed by atoms with van der Waals surface area (Å²) in [4.78, 5) is 33.1. The van der Waals surface area contributed by atoms with Gasteiger partial charge in [-0.25, -0.2) is 9.59 Å². The van der Waals surface area contributed by atoms with Crippen LogP contribution in [0.1, 0.15) is 17.5 Å². The second-order valence-corrected chi connectivity index (χ2v) is 4.37. The molecule has 0 fully saturated rings. The van der Waals surface area contributed by atoms with Crippen molar-refractivity contribution < 1.29 is 19.5 Å². The van der Waals surface area contributed by atoms with E-state index in [1.165, 1.54) is 0 Å². The van der Waals surface area contributed by atoms with Gasteiger partial charge in [0.1, 0.15) is 6.04 Å². The summed E-state index contributed by atoms with van der Waals surface area (Å²) in [6.07, 6.45) is -0.451. The van der Waals surface area contributed by atoms with Crippen LogP contribution < -0.4 is 16.4 Å². The molecule has 20 heavy (non-hydrogen) atoms. The van der Waals surface area contributed by atoms with Gasteiger partial charge in [-0.15, -0.1) is 0 Å². The summed E-state index contributed by atoms with van der Waals surface area (Å²) in [5, 5.41) is 13.5. The molecule has 1 atom stereocenters. The Kier molecular flexibility index (Phi) is 5.52. The minimum absolute atomic E-state index is 0.259. The van der Waals surface area contributed by atoms with Gasteiger partial charge in [-0.2, -0.15) is 0 Å². The molecule has 7 heteroatoms. The zero-order chi connectivity index (χ0) is 15.1. The van der Waals surface area contributed by atoms with Crippen molar-refractivity contribution in [1.29, 1.82) is 0 Å². The third-order valence-corrected chi connectivity index (χ3v) is 2.58. The SMILES string of the molecule is Cc1ccc(CNC(=O)NC(CC(N)=O)C(=O)O)cc1. The number of carboxylic acids is 1. The van der Waals surface area contributed by atoms with E-state index in [1.54, 1.807) is 0 Å². The van der Waals surface area contributed by atoms with Gasteiger partial charge < -0.3 is 21.5 Å². The summed E-state index contributed by atoms with van der Waals surface area (Å²) in [5.41, 5.74) is 6.90. The summed E-state index contributed by atoms with van der Waals surface area (Å²) in [6, 6.07) is 5.52. The average Bonchev–Trinajstić information content (AvgIpc) is 2.36. The molecular formula is C13H17N3O4. The molecule has 0 heterocycles. The van der Waals surface area contributed by atoms with Gasteiger partial charge in [-0.3, -0.25) is 4.79 Å². The third kappa shape index (κ3) is 5.38. The van der Waals surface area contributed by atoms with Gasteiger partial charge in [0.15, 0.2) is 0 Å². The summed E-state index contributed by atoms with van der Waals surface area (Å²) >= 11 is 0. The first-order valence-electron chi connectivity index (χ1n) is 5.99. The Hall–Kier alpha value is -2.57. The number of carbonyl (C=O) groups is 3. The molecule has 0 aromatic heterocycles. The van der Waals surface area contributed by atoms with Crippen molar-refractivity contribution >= 4 is 17.9 Å². The van der Waals surface area contributed by atoms with Crippen molar-refractivity contribution in [1.82, 2.24) is 10.6 Å². The largest absolute Gasteiger partial charge is 0.480 e. The van der Waals surface area contributed by atoms with Gasteiger partial charge in [0.05, 0.1) is 6.42 Å². The molecule has 5 N–H and O–H groups in total. The second-order valence-electron chi connectivity index (χ2n) is 4.37. The Labute approximate surface area is 116 Å². The van der Waals surface area contributed by atoms with E-state index in [9.17, 15) is 14.4 Å². The summed E-state index contributed by atoms with van der Waals surface area (Å²) in [7, 11) is 0. The van der Waals surface area contributed by atoms with E-state index >= 15 is 0 Å². The number of urea groups is 1. The number of rotatable bonds is 6. The van der Waals surface area contributed by atoms with Gasteiger partial charge in [0, 0.05) is 6.54 Å². The van der Waals surface area contributed by atoms with E-state index < -0.39 is 30.4 Å². The number of carboxylic acid groups (broad SMARTS) is 1. The van der Waals surface area contributed by atoms with Crippen LogP contribution in [0.4, 0.5) is 4.79 Å². The van der Waals surface area contributed by atoms with Crippen LogP contribution in [0, 0.1) is 6.92 Å². The van der Waals surface area contributed by atoms with Crippen LogP contribution in [0.3, 0.4) is 0 Å². The van der Waals surface area contributed by atoms with Crippen LogP contribution in [-0.2, 0) is 16.1 Å². The Balaban J connectivity index is 2.47. The molecule has 0 aliphatic heterocycles. The number of nitrogens with two attached hydrogens (primary N) is 1. The van der Waals surface area contributed by atoms with Gasteiger partial charge in [-0.05, 0) is 12.5 Å². The van der Waals surface area contributed by atoms with Gasteiger partial charge in [0.2, 0.25) is 5.91 Å². The van der Waals surface area contributed by atoms with Crippen molar-refractivity contribution in [2.24, 2.45) is 5.73 Å². The maximum Gasteiger partial charge on any atom is 0.326 e. The molecule has 1 rings (SSSR count). The zero-order valence-corrected chi connectivity index (χ0v) is 11.1. The number of hydrogen-bond acceptors (Lipinski definition) is 3. The van der Waals surface area contributed by atoms with Crippen LogP contribution >= 0.6 is 0 Å². The van der Waals surface area contributed by atoms with Crippen LogP contribution in [0.5, 0.6) is 0 Å². The molecule has 0 radical (unpaired) electrons. The number of aliphatic carboxylic acids is 1. The lowest BCUT2D eigenvalue weighted by Gasteiger charge is -2.13. The lowest BCUT2D eigenvalue weighted by atomic mass is 10.1. The Morgan fingerprint density at radius 2 is 1.85 bits per heavy atom. The molecule has 7 nitrogen and oxygen atoms in total. The number of primary amides is 1. The number of carbonyl (C=O) groups excluding carboxylic acids is 2. The van der Waals surface area contributed by atoms with E-state index in [1.807, 2.05) is 31.2 Å². The fourth-order valence-corrected chi connectivity index (χ4v) is 1.50. The van der Waals surface area contributed by atoms with Crippen molar-refractivity contribution in [3.8, 4) is 0 Å². The highest BCUT2D eigenvalue weighted by Gasteiger charge is 2.21. The van der Waals surface area contributed by atoms with Crippen molar-refractivity contribution in [3.05, 3.63) is 35.4 Å². The van der Waals surface area contributed by atoms with E-state index in [0.29, 0.717) is 0 Å². The maximum absolute atomic E-state index is 11.5. The van der Waals surface area contributed by atoms with Gasteiger partial charge in [-0.1, -0.05) is 29.8 Å². The Morgan fingerprint density at radius 3 is 2.35 bits per heavy atom. The first-order valence-corrected chi connectivity index (χ1v) is 5.99. The quantitative estimate of drug-likeness (QED) is 0.591. The van der Waals surface area contributed by atoms with Crippen LogP contribution in [0.25, 0.3) is 0 Å². The lowest BCUT2D eigenvalue weighted by molar-refractivity contribution is -0.140. The molecule has 108 valence electrons. The predicted octanol–water partition coefficient (Wildman–Crippen LogP) is 0.123. The highest BCUT2D eigenvalue weighted by Crippen LogP contribution is 2.02. The maximum atomic E-state index is 11.5. The second kappa shape index (κ2) is 7.13. The van der Waals surface area contributed by atoms with Crippen molar-refractivity contribution in [2.75, 3.05) is 0 Å². The first kappa shape index (κ1) is 15.5. The van der Waals surface area contributed by atoms with Gasteiger partial charge in [0.25, 0.3) is 0 Å². The predicted molar refractivity (Wildman–Crippen MR) is 71.8 cm³/mol. The highest BCUT2D eigenvalue weighted by atomic mass is 16.4. The molecule has 1 aromatic rings. The standard InChI is InChI=1S/C13H17N3O4/c1-8-2-4-9(5-3-8)7-15-13(20)16-10(12(18)19)6-11(14)17/h2-5,10H,6-7H2,1H3,(H2,14,17)(H,18,19)(H2,15,16,20). The number of aryl methyl sites for hydroxylation is 1. The van der Waals surface area contributed by atoms with Crippen molar-refractivity contribution in [3.63, 3.8) is 0 Å². The lowest BCUT2D eigenvalue weighted by Crippen LogP contribution is -2.47. The van der Waals surface area contributed by atoms with Crippen LogP contribution in [-0.4, -0.2) is 29.1 Å². The van der Waals surface area contributed by atoms with E-state index in [2.05, 4.69) is 10.6 Å². The number of benzene rings is 1. The normalized spacial score (nSPS) is 11.4.